The Morgan fingerprint density at radius 3 is 1.86 bits per heavy atom. The van der Waals surface area contributed by atoms with Crippen LogP contribution in [0.4, 0.5) is 0 Å². The lowest BCUT2D eigenvalue weighted by atomic mass is 9.76. The number of rotatable bonds is 7. The second-order valence-electron chi connectivity index (χ2n) is 23.3. The summed E-state index contributed by atoms with van der Waals surface area (Å²) in [6, 6.07) is 60.8. The number of fused-ring (bicyclic) bond motifs is 6. The van der Waals surface area contributed by atoms with Crippen molar-refractivity contribution in [1.82, 2.24) is 14.5 Å². The summed E-state index contributed by atoms with van der Waals surface area (Å²) in [7, 11) is 0. The van der Waals surface area contributed by atoms with Gasteiger partial charge in [-0.25, -0.2) is 4.98 Å². The maximum atomic E-state index is 12.7. The lowest BCUT2D eigenvalue weighted by Gasteiger charge is -2.28. The third kappa shape index (κ3) is 7.96. The van der Waals surface area contributed by atoms with E-state index in [1.165, 1.54) is 11.1 Å². The van der Waals surface area contributed by atoms with Gasteiger partial charge in [0.05, 0.1) is 33.4 Å². The minimum absolute atomic E-state index is 0.0960. The van der Waals surface area contributed by atoms with Crippen LogP contribution in [0.2, 0.25) is 0 Å². The summed E-state index contributed by atoms with van der Waals surface area (Å²) < 4.78 is 8.92. The highest BCUT2D eigenvalue weighted by Gasteiger charge is 2.31. The standard InChI is InChI=1S/C67H63N3O2/c1-64(2,3)46-30-31-54(51(38-46)41-21-14-12-15-22-41)70-55-28-20-27-50(61(55)69-63(70)52-39-47(65(4,5)6)40-53(62(52)71)66(7,8)9)43-35-44(37-48(36-43)67(10,11)45-24-16-13-17-25-45)60-59-57(33-34-68-60)72-56-32-29-42-23-18-19-26-49(42)58(56)59/h12-40,71H,1-11H3. The molecule has 5 nitrogen and oxygen atoms in total. The van der Waals surface area contributed by atoms with Crippen LogP contribution in [0.3, 0.4) is 0 Å². The van der Waals surface area contributed by atoms with Crippen LogP contribution in [0.15, 0.2) is 180 Å². The Kier molecular flexibility index (Phi) is 11.0. The van der Waals surface area contributed by atoms with Gasteiger partial charge in [-0.2, -0.15) is 0 Å². The predicted molar refractivity (Wildman–Crippen MR) is 302 cm³/mol. The molecule has 0 radical (unpaired) electrons. The van der Waals surface area contributed by atoms with E-state index >= 15 is 0 Å². The second kappa shape index (κ2) is 16.9. The molecule has 5 heteroatoms. The number of furan rings is 1. The SMILES string of the molecule is CC(C)(C)c1ccc(-n2c(-c3cc(C(C)(C)C)cc(C(C)(C)C)c3O)nc3c(-c4cc(-c5nccc6oc7ccc8ccccc8c7c56)cc(C(C)(C)c5ccccc5)c4)cccc32)c(-c2ccccc2)c1. The van der Waals surface area contributed by atoms with Gasteiger partial charge in [-0.05, 0) is 109 Å². The van der Waals surface area contributed by atoms with Gasteiger partial charge in [-0.15, -0.1) is 0 Å². The van der Waals surface area contributed by atoms with Crippen LogP contribution in [0.25, 0.3) is 94.3 Å². The quantitative estimate of drug-likeness (QED) is 0.173. The summed E-state index contributed by atoms with van der Waals surface area (Å²) >= 11 is 0. The Morgan fingerprint density at radius 1 is 0.472 bits per heavy atom. The van der Waals surface area contributed by atoms with Gasteiger partial charge in [-0.3, -0.25) is 9.55 Å². The zero-order valence-electron chi connectivity index (χ0n) is 43.4. The first-order valence-corrected chi connectivity index (χ1v) is 25.3. The lowest BCUT2D eigenvalue weighted by Crippen LogP contribution is -2.19. The van der Waals surface area contributed by atoms with Crippen molar-refractivity contribution in [2.75, 3.05) is 0 Å². The Bertz CT molecular complexity index is 3890. The van der Waals surface area contributed by atoms with Crippen molar-refractivity contribution in [3.05, 3.63) is 204 Å². The number of pyridine rings is 1. The third-order valence-corrected chi connectivity index (χ3v) is 14.9. The largest absolute Gasteiger partial charge is 0.507 e. The first kappa shape index (κ1) is 46.6. The van der Waals surface area contributed by atoms with E-state index in [1.807, 2.05) is 12.3 Å². The number of aromatic nitrogens is 3. The molecular weight excluding hydrogens is 879 g/mol. The second-order valence-corrected chi connectivity index (χ2v) is 23.3. The predicted octanol–water partition coefficient (Wildman–Crippen LogP) is 18.1. The molecule has 358 valence electrons. The maximum Gasteiger partial charge on any atom is 0.149 e. The Morgan fingerprint density at radius 2 is 1.14 bits per heavy atom. The molecule has 0 saturated heterocycles. The van der Waals surface area contributed by atoms with Crippen molar-refractivity contribution >= 4 is 43.7 Å². The van der Waals surface area contributed by atoms with E-state index in [4.69, 9.17) is 14.4 Å². The highest BCUT2D eigenvalue weighted by atomic mass is 16.3. The summed E-state index contributed by atoms with van der Waals surface area (Å²) in [4.78, 5) is 11.0. The fourth-order valence-electron chi connectivity index (χ4n) is 10.6. The van der Waals surface area contributed by atoms with Crippen LogP contribution in [-0.2, 0) is 21.7 Å². The lowest BCUT2D eigenvalue weighted by molar-refractivity contribution is 0.446. The number of benzene rings is 8. The van der Waals surface area contributed by atoms with Crippen LogP contribution >= 0.6 is 0 Å². The van der Waals surface area contributed by atoms with Gasteiger partial charge in [0.2, 0.25) is 0 Å². The molecule has 0 atom stereocenters. The molecule has 0 fully saturated rings. The molecular formula is C67H63N3O2. The number of hydrogen-bond donors (Lipinski definition) is 1. The van der Waals surface area contributed by atoms with Crippen LogP contribution in [0.5, 0.6) is 5.75 Å². The van der Waals surface area contributed by atoms with Crippen LogP contribution in [0.1, 0.15) is 104 Å². The number of hydrogen-bond acceptors (Lipinski definition) is 4. The monoisotopic (exact) mass is 941 g/mol. The molecule has 11 rings (SSSR count). The number of imidazole rings is 1. The van der Waals surface area contributed by atoms with Gasteiger partial charge < -0.3 is 9.52 Å². The number of phenols is 1. The van der Waals surface area contributed by atoms with Crippen LogP contribution in [-0.4, -0.2) is 19.6 Å². The van der Waals surface area contributed by atoms with E-state index in [2.05, 4.69) is 245 Å². The molecule has 0 amide bonds. The highest BCUT2D eigenvalue weighted by Crippen LogP contribution is 2.48. The Labute approximate surface area is 423 Å². The van der Waals surface area contributed by atoms with Crippen LogP contribution < -0.4 is 0 Å². The van der Waals surface area contributed by atoms with Crippen LogP contribution in [0, 0.1) is 0 Å². The molecule has 3 aromatic heterocycles. The van der Waals surface area contributed by atoms with Gasteiger partial charge in [-0.1, -0.05) is 197 Å². The normalized spacial score (nSPS) is 12.7. The van der Waals surface area contributed by atoms with E-state index in [0.29, 0.717) is 11.4 Å². The molecule has 0 unspecified atom stereocenters. The van der Waals surface area contributed by atoms with E-state index in [1.54, 1.807) is 0 Å². The zero-order valence-corrected chi connectivity index (χ0v) is 43.4. The third-order valence-electron chi connectivity index (χ3n) is 14.9. The molecule has 8 aromatic carbocycles. The van der Waals surface area contributed by atoms with E-state index < -0.39 is 5.41 Å². The molecule has 0 aliphatic heterocycles. The van der Waals surface area contributed by atoms with E-state index in [9.17, 15) is 5.11 Å². The molecule has 0 aliphatic carbocycles. The smallest absolute Gasteiger partial charge is 0.149 e. The molecule has 0 saturated carbocycles. The fourth-order valence-corrected chi connectivity index (χ4v) is 10.6. The average molecular weight is 942 g/mol. The first-order chi connectivity index (χ1) is 34.3. The van der Waals surface area contributed by atoms with Crippen molar-refractivity contribution in [3.63, 3.8) is 0 Å². The van der Waals surface area contributed by atoms with Crippen molar-refractivity contribution in [1.29, 1.82) is 0 Å². The molecule has 0 aliphatic rings. The van der Waals surface area contributed by atoms with E-state index in [-0.39, 0.29) is 22.0 Å². The summed E-state index contributed by atoms with van der Waals surface area (Å²) in [6.07, 6.45) is 1.87. The van der Waals surface area contributed by atoms with Gasteiger partial charge in [0.25, 0.3) is 0 Å². The fraction of sp³-hybridized carbons (Fsp3) is 0.224. The van der Waals surface area contributed by atoms with Gasteiger partial charge >= 0.3 is 0 Å². The first-order valence-electron chi connectivity index (χ1n) is 25.3. The minimum Gasteiger partial charge on any atom is -0.507 e. The van der Waals surface area contributed by atoms with Gasteiger partial charge in [0.1, 0.15) is 22.7 Å². The zero-order chi connectivity index (χ0) is 50.5. The number of para-hydroxylation sites is 1. The summed E-state index contributed by atoms with van der Waals surface area (Å²) in [5.41, 5.74) is 15.6. The highest BCUT2D eigenvalue weighted by molar-refractivity contribution is 6.22. The van der Waals surface area contributed by atoms with Crippen molar-refractivity contribution in [3.8, 4) is 56.3 Å². The summed E-state index contributed by atoms with van der Waals surface area (Å²) in [5, 5.41) is 17.1. The van der Waals surface area contributed by atoms with Gasteiger partial charge in [0, 0.05) is 39.3 Å². The Hall–Kier alpha value is -7.76. The van der Waals surface area contributed by atoms with Crippen molar-refractivity contribution in [2.24, 2.45) is 0 Å². The molecule has 0 spiro atoms. The number of aromatic hydroxyl groups is 1. The molecule has 11 aromatic rings. The molecule has 3 heterocycles. The van der Waals surface area contributed by atoms with E-state index in [0.717, 1.165) is 99.6 Å². The van der Waals surface area contributed by atoms with Crippen molar-refractivity contribution in [2.45, 2.75) is 97.8 Å². The Balaban J connectivity index is 1.25. The van der Waals surface area contributed by atoms with Gasteiger partial charge in [0.15, 0.2) is 0 Å². The summed E-state index contributed by atoms with van der Waals surface area (Å²) in [5.74, 6) is 0.922. The number of phenolic OH excluding ortho intramolecular Hbond substituents is 1. The number of nitrogens with zero attached hydrogens (tertiary/aromatic N) is 3. The molecule has 0 bridgehead atoms. The maximum absolute atomic E-state index is 12.7. The molecule has 1 N–H and O–H groups in total. The summed E-state index contributed by atoms with van der Waals surface area (Å²) in [6.45, 7) is 24.6. The molecule has 72 heavy (non-hydrogen) atoms. The minimum atomic E-state index is -0.397. The average Bonchev–Trinajstić information content (AvgIpc) is 3.95. The van der Waals surface area contributed by atoms with Crippen molar-refractivity contribution < 1.29 is 9.52 Å². The topological polar surface area (TPSA) is 64.1 Å².